The average molecular weight is 213 g/mol. The average Bonchev–Trinajstić information content (AvgIpc) is 2.31. The Hall–Kier alpha value is -1.57. The van der Waals surface area contributed by atoms with Crippen molar-refractivity contribution < 1.29 is 0 Å². The lowest BCUT2D eigenvalue weighted by Crippen LogP contribution is -2.28. The molecular weight excluding hydrogens is 198 g/mol. The second-order valence-corrected chi connectivity index (χ2v) is 4.66. The Kier molecular flexibility index (Phi) is 2.10. The van der Waals surface area contributed by atoms with E-state index in [-0.39, 0.29) is 5.56 Å². The number of hydrogen-bond donors (Lipinski definition) is 0. The van der Waals surface area contributed by atoms with Gasteiger partial charge in [-0.2, -0.15) is 0 Å². The van der Waals surface area contributed by atoms with Gasteiger partial charge in [0.2, 0.25) is 0 Å². The van der Waals surface area contributed by atoms with Crippen LogP contribution in [0.2, 0.25) is 0 Å². The van der Waals surface area contributed by atoms with Crippen molar-refractivity contribution in [2.45, 2.75) is 32.2 Å². The molecule has 0 fully saturated rings. The van der Waals surface area contributed by atoms with Gasteiger partial charge in [-0.25, -0.2) is 0 Å². The van der Waals surface area contributed by atoms with Crippen molar-refractivity contribution in [2.75, 3.05) is 0 Å². The van der Waals surface area contributed by atoms with E-state index in [2.05, 4.69) is 13.0 Å². The standard InChI is InChI=1S/C14H15NO/c1-10-5-4-8-15-13(10)9-11-6-2-3-7-12(11)14(15)16/h2-3,6-7,9-10H,4-5,8H2,1H3. The van der Waals surface area contributed by atoms with Crippen LogP contribution in [0.3, 0.4) is 0 Å². The van der Waals surface area contributed by atoms with Crippen LogP contribution < -0.4 is 5.56 Å². The van der Waals surface area contributed by atoms with Crippen molar-refractivity contribution in [3.05, 3.63) is 46.4 Å². The summed E-state index contributed by atoms with van der Waals surface area (Å²) < 4.78 is 1.95. The smallest absolute Gasteiger partial charge is 0.258 e. The monoisotopic (exact) mass is 213 g/mol. The molecule has 16 heavy (non-hydrogen) atoms. The fraction of sp³-hybridized carbons (Fsp3) is 0.357. The van der Waals surface area contributed by atoms with Gasteiger partial charge in [0.05, 0.1) is 0 Å². The molecule has 0 saturated heterocycles. The predicted octanol–water partition coefficient (Wildman–Crippen LogP) is 2.90. The largest absolute Gasteiger partial charge is 0.312 e. The van der Waals surface area contributed by atoms with Gasteiger partial charge < -0.3 is 4.57 Å². The maximum Gasteiger partial charge on any atom is 0.258 e. The molecule has 1 aromatic heterocycles. The van der Waals surface area contributed by atoms with E-state index in [1.165, 1.54) is 12.1 Å². The summed E-state index contributed by atoms with van der Waals surface area (Å²) >= 11 is 0. The van der Waals surface area contributed by atoms with Crippen molar-refractivity contribution in [1.29, 1.82) is 0 Å². The van der Waals surface area contributed by atoms with Crippen LogP contribution >= 0.6 is 0 Å². The zero-order valence-corrected chi connectivity index (χ0v) is 9.44. The summed E-state index contributed by atoms with van der Waals surface area (Å²) in [4.78, 5) is 12.3. The third kappa shape index (κ3) is 1.29. The Labute approximate surface area is 94.5 Å². The van der Waals surface area contributed by atoms with E-state index in [9.17, 15) is 4.79 Å². The molecule has 1 aliphatic rings. The number of aromatic nitrogens is 1. The third-order valence-corrected chi connectivity index (χ3v) is 3.58. The lowest BCUT2D eigenvalue weighted by Gasteiger charge is -2.24. The molecule has 1 aromatic carbocycles. The van der Waals surface area contributed by atoms with Crippen LogP contribution in [0.25, 0.3) is 10.8 Å². The van der Waals surface area contributed by atoms with Gasteiger partial charge in [0.15, 0.2) is 0 Å². The fourth-order valence-electron chi connectivity index (χ4n) is 2.66. The van der Waals surface area contributed by atoms with Gasteiger partial charge in [0, 0.05) is 17.6 Å². The third-order valence-electron chi connectivity index (χ3n) is 3.58. The Morgan fingerprint density at radius 2 is 2.12 bits per heavy atom. The molecule has 3 rings (SSSR count). The quantitative estimate of drug-likeness (QED) is 0.659. The molecule has 2 heteroatoms. The first-order valence-electron chi connectivity index (χ1n) is 5.90. The Morgan fingerprint density at radius 1 is 1.31 bits per heavy atom. The second-order valence-electron chi connectivity index (χ2n) is 4.66. The van der Waals surface area contributed by atoms with Gasteiger partial charge >= 0.3 is 0 Å². The van der Waals surface area contributed by atoms with Gasteiger partial charge in [-0.05, 0) is 36.3 Å². The molecule has 0 radical (unpaired) electrons. The Bertz CT molecular complexity index is 597. The normalized spacial score (nSPS) is 19.7. The molecular formula is C14H15NO. The zero-order valence-electron chi connectivity index (χ0n) is 9.44. The first-order chi connectivity index (χ1) is 7.77. The molecule has 2 heterocycles. The van der Waals surface area contributed by atoms with E-state index in [1.807, 2.05) is 28.8 Å². The van der Waals surface area contributed by atoms with Crippen LogP contribution in [0.15, 0.2) is 35.1 Å². The van der Waals surface area contributed by atoms with Crippen LogP contribution in [-0.2, 0) is 6.54 Å². The molecule has 1 atom stereocenters. The number of rotatable bonds is 0. The summed E-state index contributed by atoms with van der Waals surface area (Å²) in [5.74, 6) is 0.506. The zero-order chi connectivity index (χ0) is 11.1. The van der Waals surface area contributed by atoms with Crippen LogP contribution in [-0.4, -0.2) is 4.57 Å². The number of fused-ring (bicyclic) bond motifs is 2. The van der Waals surface area contributed by atoms with Crippen LogP contribution in [0.5, 0.6) is 0 Å². The lowest BCUT2D eigenvalue weighted by atomic mass is 9.95. The predicted molar refractivity (Wildman–Crippen MR) is 65.9 cm³/mol. The first kappa shape index (κ1) is 9.64. The molecule has 82 valence electrons. The molecule has 0 saturated carbocycles. The second kappa shape index (κ2) is 3.48. The van der Waals surface area contributed by atoms with Gasteiger partial charge in [-0.15, -0.1) is 0 Å². The van der Waals surface area contributed by atoms with Crippen molar-refractivity contribution in [3.63, 3.8) is 0 Å². The molecule has 0 spiro atoms. The summed E-state index contributed by atoms with van der Waals surface area (Å²) in [5, 5.41) is 1.92. The summed E-state index contributed by atoms with van der Waals surface area (Å²) in [6, 6.07) is 10.1. The van der Waals surface area contributed by atoms with E-state index in [0.29, 0.717) is 5.92 Å². The maximum absolute atomic E-state index is 12.3. The highest BCUT2D eigenvalue weighted by molar-refractivity contribution is 5.82. The van der Waals surface area contributed by atoms with Crippen molar-refractivity contribution in [1.82, 2.24) is 4.57 Å². The molecule has 0 aliphatic carbocycles. The van der Waals surface area contributed by atoms with E-state index in [1.54, 1.807) is 0 Å². The highest BCUT2D eigenvalue weighted by Gasteiger charge is 2.18. The van der Waals surface area contributed by atoms with Crippen molar-refractivity contribution in [2.24, 2.45) is 0 Å². The molecule has 2 nitrogen and oxygen atoms in total. The topological polar surface area (TPSA) is 22.0 Å². The number of benzene rings is 1. The van der Waals surface area contributed by atoms with Gasteiger partial charge in [0.25, 0.3) is 5.56 Å². The molecule has 1 unspecified atom stereocenters. The van der Waals surface area contributed by atoms with Gasteiger partial charge in [0.1, 0.15) is 0 Å². The van der Waals surface area contributed by atoms with Crippen molar-refractivity contribution >= 4 is 10.8 Å². The minimum atomic E-state index is 0.180. The molecule has 0 bridgehead atoms. The number of nitrogens with zero attached hydrogens (tertiary/aromatic N) is 1. The van der Waals surface area contributed by atoms with E-state index < -0.39 is 0 Å². The highest BCUT2D eigenvalue weighted by Crippen LogP contribution is 2.27. The number of hydrogen-bond acceptors (Lipinski definition) is 1. The van der Waals surface area contributed by atoms with Crippen LogP contribution in [0.1, 0.15) is 31.4 Å². The van der Waals surface area contributed by atoms with Gasteiger partial charge in [-0.1, -0.05) is 25.1 Å². The minimum Gasteiger partial charge on any atom is -0.312 e. The van der Waals surface area contributed by atoms with Crippen molar-refractivity contribution in [3.8, 4) is 0 Å². The summed E-state index contributed by atoms with van der Waals surface area (Å²) in [6.45, 7) is 3.09. The fourth-order valence-corrected chi connectivity index (χ4v) is 2.66. The summed E-state index contributed by atoms with van der Waals surface area (Å²) in [5.41, 5.74) is 1.38. The van der Waals surface area contributed by atoms with E-state index in [0.717, 1.165) is 23.7 Å². The highest BCUT2D eigenvalue weighted by atomic mass is 16.1. The molecule has 0 amide bonds. The molecule has 1 aliphatic heterocycles. The number of pyridine rings is 1. The Balaban J connectivity index is 2.41. The SMILES string of the molecule is CC1CCCn2c1cc1ccccc1c2=O. The van der Waals surface area contributed by atoms with E-state index in [4.69, 9.17) is 0 Å². The first-order valence-corrected chi connectivity index (χ1v) is 5.90. The van der Waals surface area contributed by atoms with Crippen LogP contribution in [0, 0.1) is 0 Å². The Morgan fingerprint density at radius 3 is 3.00 bits per heavy atom. The lowest BCUT2D eigenvalue weighted by molar-refractivity contribution is 0.462. The summed E-state index contributed by atoms with van der Waals surface area (Å²) in [7, 11) is 0. The van der Waals surface area contributed by atoms with E-state index >= 15 is 0 Å². The van der Waals surface area contributed by atoms with Crippen LogP contribution in [0.4, 0.5) is 0 Å². The van der Waals surface area contributed by atoms with Gasteiger partial charge in [-0.3, -0.25) is 4.79 Å². The summed E-state index contributed by atoms with van der Waals surface area (Å²) in [6.07, 6.45) is 2.31. The molecule has 0 N–H and O–H groups in total. The minimum absolute atomic E-state index is 0.180. The maximum atomic E-state index is 12.3. The molecule has 2 aromatic rings.